The van der Waals surface area contributed by atoms with Crippen molar-refractivity contribution in [3.63, 3.8) is 0 Å². The smallest absolute Gasteiger partial charge is 0.260 e. The molecule has 2 aromatic carbocycles. The number of hydrogen-bond donors (Lipinski definition) is 0. The summed E-state index contributed by atoms with van der Waals surface area (Å²) in [4.78, 5) is 20.0. The van der Waals surface area contributed by atoms with Gasteiger partial charge in [0.05, 0.1) is 12.4 Å². The number of hydrogen-bond acceptors (Lipinski definition) is 3. The number of carbonyl (C=O) groups excluding carboxylic acids is 1. The Bertz CT molecular complexity index is 894. The van der Waals surface area contributed by atoms with E-state index in [2.05, 4.69) is 67.1 Å². The van der Waals surface area contributed by atoms with Crippen LogP contribution >= 0.6 is 0 Å². The fourth-order valence-electron chi connectivity index (χ4n) is 3.85. The third-order valence-electron chi connectivity index (χ3n) is 5.63. The summed E-state index contributed by atoms with van der Waals surface area (Å²) in [6.45, 7) is 8.94. The fraction of sp³-hybridized carbons (Fsp3) is 0.348. The number of nitrogens with zero attached hydrogens (tertiary/aromatic N) is 3. The molecule has 4 rings (SSSR count). The molecule has 1 fully saturated rings. The highest BCUT2D eigenvalue weighted by Gasteiger charge is 2.33. The molecule has 0 aromatic heterocycles. The third kappa shape index (κ3) is 3.55. The van der Waals surface area contributed by atoms with Crippen LogP contribution in [0.15, 0.2) is 42.5 Å². The topological polar surface area (TPSA) is 26.8 Å². The standard InChI is InChI=1S/C23H27N3O/c1-17-8-9-18(2)19(14-17)15-21-20-6-4-5-7-22(20)26(23(21)27)16-25-12-10-24(3)11-13-25/h4-9,14-15H,10-13,16H2,1-3H3/b21-15+. The highest BCUT2D eigenvalue weighted by atomic mass is 16.2. The minimum absolute atomic E-state index is 0.107. The number of likely N-dealkylation sites (N-methyl/N-ethyl adjacent to an activating group) is 1. The largest absolute Gasteiger partial charge is 0.304 e. The summed E-state index contributed by atoms with van der Waals surface area (Å²) >= 11 is 0. The minimum atomic E-state index is 0.107. The van der Waals surface area contributed by atoms with Crippen LogP contribution < -0.4 is 4.90 Å². The summed E-state index contributed by atoms with van der Waals surface area (Å²) < 4.78 is 0. The lowest BCUT2D eigenvalue weighted by Crippen LogP contribution is -2.49. The van der Waals surface area contributed by atoms with Gasteiger partial charge in [-0.15, -0.1) is 0 Å². The van der Waals surface area contributed by atoms with E-state index in [0.29, 0.717) is 6.67 Å². The SMILES string of the molecule is Cc1ccc(C)c(/C=C2/C(=O)N(CN3CCN(C)CC3)c3ccccc32)c1. The second kappa shape index (κ2) is 7.29. The van der Waals surface area contributed by atoms with Crippen molar-refractivity contribution in [2.24, 2.45) is 0 Å². The van der Waals surface area contributed by atoms with Gasteiger partial charge in [-0.05, 0) is 44.2 Å². The van der Waals surface area contributed by atoms with Crippen LogP contribution in [0.25, 0.3) is 11.6 Å². The number of para-hydroxylation sites is 1. The first-order valence-corrected chi connectivity index (χ1v) is 9.64. The van der Waals surface area contributed by atoms with Crippen molar-refractivity contribution in [1.29, 1.82) is 0 Å². The predicted octanol–water partition coefficient (Wildman–Crippen LogP) is 3.40. The van der Waals surface area contributed by atoms with Gasteiger partial charge in [0.1, 0.15) is 0 Å². The van der Waals surface area contributed by atoms with E-state index in [4.69, 9.17) is 0 Å². The monoisotopic (exact) mass is 361 g/mol. The molecule has 2 aliphatic heterocycles. The number of amides is 1. The molecular weight excluding hydrogens is 334 g/mol. The Hall–Kier alpha value is -2.43. The van der Waals surface area contributed by atoms with E-state index in [1.165, 1.54) is 11.1 Å². The first-order valence-electron chi connectivity index (χ1n) is 9.64. The summed E-state index contributed by atoms with van der Waals surface area (Å²) in [6, 6.07) is 14.5. The van der Waals surface area contributed by atoms with E-state index in [9.17, 15) is 4.79 Å². The van der Waals surface area contributed by atoms with Crippen molar-refractivity contribution in [2.75, 3.05) is 44.8 Å². The highest BCUT2D eigenvalue weighted by molar-refractivity contribution is 6.35. The van der Waals surface area contributed by atoms with Crippen LogP contribution in [0, 0.1) is 13.8 Å². The molecule has 4 nitrogen and oxygen atoms in total. The molecule has 0 bridgehead atoms. The molecule has 0 aliphatic carbocycles. The second-order valence-electron chi connectivity index (χ2n) is 7.73. The number of fused-ring (bicyclic) bond motifs is 1. The Kier molecular flexibility index (Phi) is 4.85. The quantitative estimate of drug-likeness (QED) is 0.784. The molecule has 4 heteroatoms. The maximum absolute atomic E-state index is 13.3. The lowest BCUT2D eigenvalue weighted by molar-refractivity contribution is -0.113. The van der Waals surface area contributed by atoms with Crippen molar-refractivity contribution in [3.05, 3.63) is 64.7 Å². The van der Waals surface area contributed by atoms with Gasteiger partial charge in [0.2, 0.25) is 0 Å². The van der Waals surface area contributed by atoms with Gasteiger partial charge in [0.25, 0.3) is 5.91 Å². The summed E-state index contributed by atoms with van der Waals surface area (Å²) in [6.07, 6.45) is 2.06. The average molecular weight is 361 g/mol. The number of benzene rings is 2. The van der Waals surface area contributed by atoms with Crippen LogP contribution in [0.1, 0.15) is 22.3 Å². The van der Waals surface area contributed by atoms with Crippen LogP contribution in [0.5, 0.6) is 0 Å². The van der Waals surface area contributed by atoms with Crippen molar-refractivity contribution in [2.45, 2.75) is 13.8 Å². The normalized spacial score (nSPS) is 19.7. The Morgan fingerprint density at radius 1 is 1.00 bits per heavy atom. The molecular formula is C23H27N3O. The van der Waals surface area contributed by atoms with E-state index in [1.807, 2.05) is 17.0 Å². The molecule has 1 amide bonds. The van der Waals surface area contributed by atoms with Gasteiger partial charge in [0, 0.05) is 37.3 Å². The molecule has 0 atom stereocenters. The fourth-order valence-corrected chi connectivity index (χ4v) is 3.85. The van der Waals surface area contributed by atoms with E-state index in [0.717, 1.165) is 48.6 Å². The predicted molar refractivity (Wildman–Crippen MR) is 112 cm³/mol. The van der Waals surface area contributed by atoms with E-state index < -0.39 is 0 Å². The summed E-state index contributed by atoms with van der Waals surface area (Å²) in [7, 11) is 2.15. The van der Waals surface area contributed by atoms with Crippen LogP contribution in [0.4, 0.5) is 5.69 Å². The summed E-state index contributed by atoms with van der Waals surface area (Å²) in [5, 5.41) is 0. The molecule has 27 heavy (non-hydrogen) atoms. The molecule has 0 saturated carbocycles. The Balaban J connectivity index is 1.67. The van der Waals surface area contributed by atoms with Gasteiger partial charge >= 0.3 is 0 Å². The first kappa shape index (κ1) is 18.0. The number of piperazine rings is 1. The molecule has 140 valence electrons. The lowest BCUT2D eigenvalue weighted by atomic mass is 10.00. The zero-order valence-electron chi connectivity index (χ0n) is 16.4. The lowest BCUT2D eigenvalue weighted by Gasteiger charge is -2.34. The zero-order chi connectivity index (χ0) is 19.0. The Morgan fingerprint density at radius 2 is 1.74 bits per heavy atom. The second-order valence-corrected chi connectivity index (χ2v) is 7.73. The molecule has 0 unspecified atom stereocenters. The van der Waals surface area contributed by atoms with Crippen molar-refractivity contribution in [1.82, 2.24) is 9.80 Å². The van der Waals surface area contributed by atoms with Crippen LogP contribution in [0.2, 0.25) is 0 Å². The maximum Gasteiger partial charge on any atom is 0.260 e. The molecule has 2 heterocycles. The van der Waals surface area contributed by atoms with Crippen molar-refractivity contribution < 1.29 is 4.79 Å². The van der Waals surface area contributed by atoms with Crippen LogP contribution in [-0.2, 0) is 4.79 Å². The molecule has 2 aromatic rings. The van der Waals surface area contributed by atoms with Gasteiger partial charge in [-0.1, -0.05) is 42.0 Å². The van der Waals surface area contributed by atoms with Gasteiger partial charge in [-0.25, -0.2) is 0 Å². The number of carbonyl (C=O) groups is 1. The molecule has 0 spiro atoms. The zero-order valence-corrected chi connectivity index (χ0v) is 16.4. The molecule has 0 N–H and O–H groups in total. The van der Waals surface area contributed by atoms with Crippen LogP contribution in [-0.4, -0.2) is 55.6 Å². The van der Waals surface area contributed by atoms with E-state index in [1.54, 1.807) is 0 Å². The number of aryl methyl sites for hydroxylation is 2. The number of anilines is 1. The third-order valence-corrected chi connectivity index (χ3v) is 5.63. The van der Waals surface area contributed by atoms with Crippen LogP contribution in [0.3, 0.4) is 0 Å². The van der Waals surface area contributed by atoms with Crippen molar-refractivity contribution in [3.8, 4) is 0 Å². The Labute approximate surface area is 161 Å². The highest BCUT2D eigenvalue weighted by Crippen LogP contribution is 2.38. The number of rotatable bonds is 3. The van der Waals surface area contributed by atoms with Gasteiger partial charge in [-0.3, -0.25) is 14.6 Å². The molecule has 1 saturated heterocycles. The van der Waals surface area contributed by atoms with Gasteiger partial charge in [-0.2, -0.15) is 0 Å². The van der Waals surface area contributed by atoms with E-state index in [-0.39, 0.29) is 5.91 Å². The average Bonchev–Trinajstić information content (AvgIpc) is 2.92. The molecule has 0 radical (unpaired) electrons. The van der Waals surface area contributed by atoms with Gasteiger partial charge < -0.3 is 4.90 Å². The van der Waals surface area contributed by atoms with Crippen molar-refractivity contribution >= 4 is 23.2 Å². The van der Waals surface area contributed by atoms with E-state index >= 15 is 0 Å². The first-order chi connectivity index (χ1) is 13.0. The minimum Gasteiger partial charge on any atom is -0.304 e. The summed E-state index contributed by atoms with van der Waals surface area (Å²) in [5.74, 6) is 0.107. The molecule has 2 aliphatic rings. The summed E-state index contributed by atoms with van der Waals surface area (Å²) in [5.41, 5.74) is 6.38. The maximum atomic E-state index is 13.3. The van der Waals surface area contributed by atoms with Gasteiger partial charge in [0.15, 0.2) is 0 Å². The Morgan fingerprint density at radius 3 is 2.52 bits per heavy atom.